The number of hydrogen-bond donors (Lipinski definition) is 1. The van der Waals surface area contributed by atoms with Crippen LogP contribution in [0, 0.1) is 0 Å². The summed E-state index contributed by atoms with van der Waals surface area (Å²) in [6.07, 6.45) is 5.89. The molecule has 1 aliphatic rings. The van der Waals surface area contributed by atoms with Crippen molar-refractivity contribution in [2.45, 2.75) is 38.2 Å². The van der Waals surface area contributed by atoms with Crippen molar-refractivity contribution in [1.82, 2.24) is 0 Å². The lowest BCUT2D eigenvalue weighted by Crippen LogP contribution is -2.21. The van der Waals surface area contributed by atoms with Gasteiger partial charge in [-0.3, -0.25) is 0 Å². The zero-order valence-corrected chi connectivity index (χ0v) is 10.6. The molecule has 0 unspecified atom stereocenters. The van der Waals surface area contributed by atoms with Crippen molar-refractivity contribution in [2.75, 3.05) is 12.8 Å². The van der Waals surface area contributed by atoms with Gasteiger partial charge >= 0.3 is 5.97 Å². The van der Waals surface area contributed by atoms with Gasteiger partial charge in [-0.15, -0.1) is 0 Å². The highest BCUT2D eigenvalue weighted by Crippen LogP contribution is 2.29. The summed E-state index contributed by atoms with van der Waals surface area (Å²) in [5.74, 6) is 0.0904. The number of hydrogen-bond acceptors (Lipinski definition) is 4. The minimum atomic E-state index is -0.445. The summed E-state index contributed by atoms with van der Waals surface area (Å²) in [5.41, 5.74) is 6.56. The highest BCUT2D eigenvalue weighted by molar-refractivity contribution is 5.98. The smallest absolute Gasteiger partial charge is 0.343 e. The average molecular weight is 249 g/mol. The van der Waals surface area contributed by atoms with Crippen LogP contribution in [0.25, 0.3) is 0 Å². The average Bonchev–Trinajstić information content (AvgIpc) is 2.39. The molecule has 1 aliphatic carbocycles. The molecule has 0 aliphatic heterocycles. The molecule has 0 atom stereocenters. The lowest BCUT2D eigenvalue weighted by Gasteiger charge is -2.24. The predicted octanol–water partition coefficient (Wildman–Crippen LogP) is 2.77. The number of ether oxygens (including phenoxy) is 2. The normalized spacial score (nSPS) is 16.3. The molecule has 0 amide bonds. The van der Waals surface area contributed by atoms with Gasteiger partial charge in [0.15, 0.2) is 0 Å². The molecule has 1 saturated carbocycles. The van der Waals surface area contributed by atoms with Crippen LogP contribution in [0.1, 0.15) is 42.5 Å². The quantitative estimate of drug-likeness (QED) is 0.661. The molecule has 4 heteroatoms. The molecule has 2 N–H and O–H groups in total. The van der Waals surface area contributed by atoms with Gasteiger partial charge in [0.05, 0.1) is 13.2 Å². The lowest BCUT2D eigenvalue weighted by atomic mass is 9.97. The Balaban J connectivity index is 2.20. The summed E-state index contributed by atoms with van der Waals surface area (Å²) in [4.78, 5) is 11.7. The van der Waals surface area contributed by atoms with Gasteiger partial charge in [-0.1, -0.05) is 12.5 Å². The fourth-order valence-electron chi connectivity index (χ4n) is 2.33. The van der Waals surface area contributed by atoms with Crippen LogP contribution >= 0.6 is 0 Å². The maximum absolute atomic E-state index is 11.7. The predicted molar refractivity (Wildman–Crippen MR) is 69.7 cm³/mol. The number of carbonyl (C=O) groups excluding carboxylic acids is 1. The van der Waals surface area contributed by atoms with Crippen molar-refractivity contribution in [3.63, 3.8) is 0 Å². The van der Waals surface area contributed by atoms with Crippen molar-refractivity contribution in [3.8, 4) is 5.75 Å². The van der Waals surface area contributed by atoms with Crippen LogP contribution in [0.5, 0.6) is 5.75 Å². The number of nitrogens with two attached hydrogens (primary N) is 1. The summed E-state index contributed by atoms with van der Waals surface area (Å²) in [7, 11) is 1.35. The van der Waals surface area contributed by atoms with E-state index in [-0.39, 0.29) is 6.10 Å². The number of carbonyl (C=O) groups is 1. The van der Waals surface area contributed by atoms with E-state index in [0.717, 1.165) is 12.8 Å². The minimum Gasteiger partial charge on any atom is -0.489 e. The number of methoxy groups -OCH3 is 1. The number of rotatable bonds is 3. The third-order valence-electron chi connectivity index (χ3n) is 3.29. The molecular weight excluding hydrogens is 230 g/mol. The van der Waals surface area contributed by atoms with Crippen molar-refractivity contribution in [3.05, 3.63) is 23.8 Å². The van der Waals surface area contributed by atoms with Gasteiger partial charge in [-0.2, -0.15) is 0 Å². The van der Waals surface area contributed by atoms with E-state index in [9.17, 15) is 4.79 Å². The van der Waals surface area contributed by atoms with Crippen LogP contribution in [0.15, 0.2) is 18.2 Å². The van der Waals surface area contributed by atoms with Crippen molar-refractivity contribution >= 4 is 11.7 Å². The maximum Gasteiger partial charge on any atom is 0.343 e. The van der Waals surface area contributed by atoms with Crippen LogP contribution in [-0.4, -0.2) is 19.2 Å². The number of esters is 1. The molecule has 0 bridgehead atoms. The van der Waals surface area contributed by atoms with E-state index in [2.05, 4.69) is 0 Å². The Kier molecular flexibility index (Phi) is 4.07. The maximum atomic E-state index is 11.7. The van der Waals surface area contributed by atoms with Crippen LogP contribution in [0.3, 0.4) is 0 Å². The molecule has 0 aromatic heterocycles. The van der Waals surface area contributed by atoms with E-state index in [1.165, 1.54) is 26.4 Å². The van der Waals surface area contributed by atoms with E-state index in [4.69, 9.17) is 15.2 Å². The summed E-state index contributed by atoms with van der Waals surface area (Å²) < 4.78 is 10.7. The third kappa shape index (κ3) is 2.75. The van der Waals surface area contributed by atoms with E-state index < -0.39 is 5.97 Å². The van der Waals surface area contributed by atoms with E-state index in [0.29, 0.717) is 17.0 Å². The van der Waals surface area contributed by atoms with Crippen LogP contribution in [0.4, 0.5) is 5.69 Å². The van der Waals surface area contributed by atoms with E-state index in [1.54, 1.807) is 18.2 Å². The zero-order valence-electron chi connectivity index (χ0n) is 10.6. The van der Waals surface area contributed by atoms with Gasteiger partial charge in [0.25, 0.3) is 0 Å². The monoisotopic (exact) mass is 249 g/mol. The highest BCUT2D eigenvalue weighted by Gasteiger charge is 2.21. The second-order valence-electron chi connectivity index (χ2n) is 4.59. The standard InChI is InChI=1S/C14H19NO3/c1-17-14(16)13-11(15)8-5-9-12(13)18-10-6-3-2-4-7-10/h5,8-10H,2-4,6-7,15H2,1H3. The van der Waals surface area contributed by atoms with E-state index >= 15 is 0 Å². The Morgan fingerprint density at radius 2 is 2.00 bits per heavy atom. The zero-order chi connectivity index (χ0) is 13.0. The Labute approximate surface area is 107 Å². The first-order valence-electron chi connectivity index (χ1n) is 6.36. The van der Waals surface area contributed by atoms with Crippen LogP contribution < -0.4 is 10.5 Å². The summed E-state index contributed by atoms with van der Waals surface area (Å²) in [5, 5.41) is 0. The molecule has 98 valence electrons. The summed E-state index contributed by atoms with van der Waals surface area (Å²) in [6.45, 7) is 0. The van der Waals surface area contributed by atoms with Gasteiger partial charge in [0.1, 0.15) is 11.3 Å². The molecular formula is C14H19NO3. The summed E-state index contributed by atoms with van der Waals surface area (Å²) >= 11 is 0. The molecule has 4 nitrogen and oxygen atoms in total. The lowest BCUT2D eigenvalue weighted by molar-refractivity contribution is 0.0592. The Hall–Kier alpha value is -1.71. The molecule has 0 heterocycles. The molecule has 1 fully saturated rings. The molecule has 18 heavy (non-hydrogen) atoms. The van der Waals surface area contributed by atoms with Gasteiger partial charge in [0, 0.05) is 5.69 Å². The topological polar surface area (TPSA) is 61.5 Å². The van der Waals surface area contributed by atoms with Gasteiger partial charge in [-0.25, -0.2) is 4.79 Å². The van der Waals surface area contributed by atoms with Crippen molar-refractivity contribution in [2.24, 2.45) is 0 Å². The second kappa shape index (κ2) is 5.76. The van der Waals surface area contributed by atoms with Crippen LogP contribution in [0.2, 0.25) is 0 Å². The molecule has 1 aromatic carbocycles. The van der Waals surface area contributed by atoms with Gasteiger partial charge in [-0.05, 0) is 37.8 Å². The first kappa shape index (κ1) is 12.7. The second-order valence-corrected chi connectivity index (χ2v) is 4.59. The fourth-order valence-corrected chi connectivity index (χ4v) is 2.33. The van der Waals surface area contributed by atoms with Gasteiger partial charge in [0.2, 0.25) is 0 Å². The largest absolute Gasteiger partial charge is 0.489 e. The minimum absolute atomic E-state index is 0.184. The molecule has 0 saturated heterocycles. The van der Waals surface area contributed by atoms with Crippen LogP contribution in [-0.2, 0) is 4.74 Å². The fraction of sp³-hybridized carbons (Fsp3) is 0.500. The molecule has 0 spiro atoms. The third-order valence-corrected chi connectivity index (χ3v) is 3.29. The van der Waals surface area contributed by atoms with Crippen molar-refractivity contribution < 1.29 is 14.3 Å². The Morgan fingerprint density at radius 1 is 1.28 bits per heavy atom. The molecule has 2 rings (SSSR count). The number of nitrogen functional groups attached to an aromatic ring is 1. The number of benzene rings is 1. The van der Waals surface area contributed by atoms with Gasteiger partial charge < -0.3 is 15.2 Å². The first-order chi connectivity index (χ1) is 8.72. The SMILES string of the molecule is COC(=O)c1c(N)cccc1OC1CCCCC1. The first-order valence-corrected chi connectivity index (χ1v) is 6.36. The Bertz CT molecular complexity index is 425. The number of anilines is 1. The van der Waals surface area contributed by atoms with E-state index in [1.807, 2.05) is 0 Å². The highest BCUT2D eigenvalue weighted by atomic mass is 16.5. The van der Waals surface area contributed by atoms with Crippen molar-refractivity contribution in [1.29, 1.82) is 0 Å². The summed E-state index contributed by atoms with van der Waals surface area (Å²) in [6, 6.07) is 5.25. The molecule has 1 aromatic rings. The molecule has 0 radical (unpaired) electrons. The Morgan fingerprint density at radius 3 is 2.67 bits per heavy atom.